The SMILES string of the molecule is Cc1ccn(C)c1-c1c(C)ccn1C. The lowest BCUT2D eigenvalue weighted by atomic mass is 10.1. The van der Waals surface area contributed by atoms with E-state index in [2.05, 4.69) is 61.6 Å². The van der Waals surface area contributed by atoms with E-state index in [9.17, 15) is 0 Å². The van der Waals surface area contributed by atoms with Crippen molar-refractivity contribution in [2.45, 2.75) is 13.8 Å². The Labute approximate surface area is 84.8 Å². The zero-order valence-electron chi connectivity index (χ0n) is 9.20. The molecular formula is C12H16N2. The summed E-state index contributed by atoms with van der Waals surface area (Å²) in [7, 11) is 4.18. The summed E-state index contributed by atoms with van der Waals surface area (Å²) in [5.74, 6) is 0. The molecule has 0 atom stereocenters. The Hall–Kier alpha value is -1.44. The van der Waals surface area contributed by atoms with Crippen molar-refractivity contribution >= 4 is 0 Å². The molecule has 0 saturated heterocycles. The van der Waals surface area contributed by atoms with Crippen LogP contribution in [0.2, 0.25) is 0 Å². The first kappa shape index (κ1) is 9.13. The van der Waals surface area contributed by atoms with Gasteiger partial charge in [-0.1, -0.05) is 0 Å². The molecular weight excluding hydrogens is 172 g/mol. The van der Waals surface area contributed by atoms with Gasteiger partial charge in [0.25, 0.3) is 0 Å². The van der Waals surface area contributed by atoms with Crippen molar-refractivity contribution in [1.29, 1.82) is 0 Å². The van der Waals surface area contributed by atoms with Gasteiger partial charge in [0, 0.05) is 26.5 Å². The zero-order valence-corrected chi connectivity index (χ0v) is 9.20. The average Bonchev–Trinajstić information content (AvgIpc) is 2.60. The number of hydrogen-bond donors (Lipinski definition) is 0. The van der Waals surface area contributed by atoms with Gasteiger partial charge in [-0.3, -0.25) is 0 Å². The third-order valence-corrected chi connectivity index (χ3v) is 2.77. The van der Waals surface area contributed by atoms with E-state index in [0.717, 1.165) is 0 Å². The van der Waals surface area contributed by atoms with Crippen LogP contribution < -0.4 is 0 Å². The van der Waals surface area contributed by atoms with E-state index < -0.39 is 0 Å². The highest BCUT2D eigenvalue weighted by atomic mass is 15.0. The van der Waals surface area contributed by atoms with E-state index in [1.54, 1.807) is 0 Å². The van der Waals surface area contributed by atoms with E-state index in [-0.39, 0.29) is 0 Å². The highest BCUT2D eigenvalue weighted by Gasteiger charge is 2.11. The van der Waals surface area contributed by atoms with E-state index in [0.29, 0.717) is 0 Å². The number of aromatic nitrogens is 2. The van der Waals surface area contributed by atoms with Crippen molar-refractivity contribution < 1.29 is 0 Å². The fraction of sp³-hybridized carbons (Fsp3) is 0.333. The van der Waals surface area contributed by atoms with Crippen LogP contribution in [0.1, 0.15) is 11.1 Å². The molecule has 0 N–H and O–H groups in total. The minimum atomic E-state index is 1.31. The number of aryl methyl sites for hydroxylation is 4. The Balaban J connectivity index is 2.71. The first-order valence-corrected chi connectivity index (χ1v) is 4.85. The van der Waals surface area contributed by atoms with Crippen LogP contribution in [0.3, 0.4) is 0 Å². The summed E-state index contributed by atoms with van der Waals surface area (Å²) in [4.78, 5) is 0. The average molecular weight is 188 g/mol. The van der Waals surface area contributed by atoms with Gasteiger partial charge in [0.1, 0.15) is 0 Å². The van der Waals surface area contributed by atoms with Crippen LogP contribution in [0.15, 0.2) is 24.5 Å². The second-order valence-corrected chi connectivity index (χ2v) is 3.92. The van der Waals surface area contributed by atoms with Crippen molar-refractivity contribution in [3.05, 3.63) is 35.7 Å². The molecule has 0 fully saturated rings. The standard InChI is InChI=1S/C12H16N2/c1-9-5-7-13(3)11(9)12-10(2)6-8-14(12)4/h5-8H,1-4H3. The Morgan fingerprint density at radius 3 is 1.36 bits per heavy atom. The lowest BCUT2D eigenvalue weighted by molar-refractivity contribution is 0.880. The Morgan fingerprint density at radius 1 is 0.786 bits per heavy atom. The maximum Gasteiger partial charge on any atom is 0.0677 e. The van der Waals surface area contributed by atoms with Crippen LogP contribution in [-0.2, 0) is 14.1 Å². The van der Waals surface area contributed by atoms with E-state index in [1.807, 2.05) is 0 Å². The monoisotopic (exact) mass is 188 g/mol. The van der Waals surface area contributed by atoms with E-state index >= 15 is 0 Å². The molecule has 0 spiro atoms. The van der Waals surface area contributed by atoms with Crippen molar-refractivity contribution in [2.24, 2.45) is 14.1 Å². The number of hydrogen-bond acceptors (Lipinski definition) is 0. The highest BCUT2D eigenvalue weighted by Crippen LogP contribution is 2.26. The summed E-state index contributed by atoms with van der Waals surface area (Å²) in [6.45, 7) is 4.31. The summed E-state index contributed by atoms with van der Waals surface area (Å²) in [6.07, 6.45) is 4.22. The van der Waals surface area contributed by atoms with Gasteiger partial charge < -0.3 is 9.13 Å². The predicted octanol–water partition coefficient (Wildman–Crippen LogP) is 2.65. The molecule has 0 unspecified atom stereocenters. The molecule has 2 heterocycles. The molecule has 0 bridgehead atoms. The molecule has 74 valence electrons. The molecule has 0 aliphatic carbocycles. The van der Waals surface area contributed by atoms with Crippen molar-refractivity contribution in [2.75, 3.05) is 0 Å². The van der Waals surface area contributed by atoms with Gasteiger partial charge in [0.15, 0.2) is 0 Å². The third kappa shape index (κ3) is 1.18. The molecule has 0 radical (unpaired) electrons. The van der Waals surface area contributed by atoms with Gasteiger partial charge in [0.05, 0.1) is 11.4 Å². The molecule has 2 rings (SSSR count). The Bertz CT molecular complexity index is 377. The van der Waals surface area contributed by atoms with Crippen molar-refractivity contribution in [1.82, 2.24) is 9.13 Å². The molecule has 0 saturated carbocycles. The summed E-state index contributed by atoms with van der Waals surface area (Å²) in [5.41, 5.74) is 5.29. The van der Waals surface area contributed by atoms with Crippen LogP contribution in [0.5, 0.6) is 0 Å². The van der Waals surface area contributed by atoms with Crippen LogP contribution in [0.4, 0.5) is 0 Å². The van der Waals surface area contributed by atoms with Crippen molar-refractivity contribution in [3.8, 4) is 11.4 Å². The number of rotatable bonds is 1. The topological polar surface area (TPSA) is 9.86 Å². The van der Waals surface area contributed by atoms with Crippen LogP contribution >= 0.6 is 0 Å². The molecule has 0 aliphatic heterocycles. The fourth-order valence-electron chi connectivity index (χ4n) is 2.02. The molecule has 2 nitrogen and oxygen atoms in total. The molecule has 0 aliphatic rings. The minimum absolute atomic E-state index is 1.31. The van der Waals surface area contributed by atoms with Crippen LogP contribution in [0, 0.1) is 13.8 Å². The highest BCUT2D eigenvalue weighted by molar-refractivity contribution is 5.64. The van der Waals surface area contributed by atoms with Gasteiger partial charge in [-0.2, -0.15) is 0 Å². The largest absolute Gasteiger partial charge is 0.349 e. The third-order valence-electron chi connectivity index (χ3n) is 2.77. The van der Waals surface area contributed by atoms with Gasteiger partial charge in [-0.25, -0.2) is 0 Å². The summed E-state index contributed by atoms with van der Waals surface area (Å²) < 4.78 is 4.36. The Morgan fingerprint density at radius 2 is 1.14 bits per heavy atom. The van der Waals surface area contributed by atoms with Crippen molar-refractivity contribution in [3.63, 3.8) is 0 Å². The molecule has 14 heavy (non-hydrogen) atoms. The molecule has 2 aromatic rings. The van der Waals surface area contributed by atoms with Crippen LogP contribution in [0.25, 0.3) is 11.4 Å². The molecule has 2 heteroatoms. The normalized spacial score (nSPS) is 10.9. The quantitative estimate of drug-likeness (QED) is 0.651. The summed E-state index contributed by atoms with van der Waals surface area (Å²) >= 11 is 0. The number of nitrogens with zero attached hydrogens (tertiary/aromatic N) is 2. The first-order chi connectivity index (χ1) is 6.61. The second kappa shape index (κ2) is 3.05. The first-order valence-electron chi connectivity index (χ1n) is 4.85. The molecule has 2 aromatic heterocycles. The van der Waals surface area contributed by atoms with Gasteiger partial charge in [-0.05, 0) is 37.1 Å². The fourth-order valence-corrected chi connectivity index (χ4v) is 2.02. The lowest BCUT2D eigenvalue weighted by Crippen LogP contribution is -1.98. The molecule has 0 aromatic carbocycles. The predicted molar refractivity (Wildman–Crippen MR) is 59.3 cm³/mol. The summed E-state index contributed by atoms with van der Waals surface area (Å²) in [5, 5.41) is 0. The lowest BCUT2D eigenvalue weighted by Gasteiger charge is -2.08. The maximum absolute atomic E-state index is 2.18. The van der Waals surface area contributed by atoms with Crippen LogP contribution in [-0.4, -0.2) is 9.13 Å². The van der Waals surface area contributed by atoms with Gasteiger partial charge in [0.2, 0.25) is 0 Å². The van der Waals surface area contributed by atoms with E-state index in [4.69, 9.17) is 0 Å². The minimum Gasteiger partial charge on any atom is -0.349 e. The summed E-state index contributed by atoms with van der Waals surface area (Å²) in [6, 6.07) is 4.31. The molecule has 0 amide bonds. The maximum atomic E-state index is 2.18. The van der Waals surface area contributed by atoms with E-state index in [1.165, 1.54) is 22.5 Å². The zero-order chi connectivity index (χ0) is 10.3. The van der Waals surface area contributed by atoms with Gasteiger partial charge in [-0.15, -0.1) is 0 Å². The smallest absolute Gasteiger partial charge is 0.0677 e. The Kier molecular flexibility index (Phi) is 1.99. The van der Waals surface area contributed by atoms with Gasteiger partial charge >= 0.3 is 0 Å². The second-order valence-electron chi connectivity index (χ2n) is 3.92.